The molecule has 0 aliphatic carbocycles. The van der Waals surface area contributed by atoms with Crippen LogP contribution in [0, 0.1) is 5.92 Å². The number of hydrazine groups is 1. The number of hydrogen-bond donors (Lipinski definition) is 13. The van der Waals surface area contributed by atoms with Crippen LogP contribution in [0.15, 0.2) is 110 Å². The summed E-state index contributed by atoms with van der Waals surface area (Å²) in [6.07, 6.45) is 1.04. The van der Waals surface area contributed by atoms with Crippen molar-refractivity contribution >= 4 is 30.3 Å². The summed E-state index contributed by atoms with van der Waals surface area (Å²) >= 11 is 0. The summed E-state index contributed by atoms with van der Waals surface area (Å²) in [4.78, 5) is 63.6. The molecule has 0 aromatic rings. The van der Waals surface area contributed by atoms with Gasteiger partial charge in [-0.1, -0.05) is 117 Å². The van der Waals surface area contributed by atoms with Crippen LogP contribution in [0.3, 0.4) is 0 Å². The van der Waals surface area contributed by atoms with Crippen molar-refractivity contribution in [2.24, 2.45) is 5.92 Å². The van der Waals surface area contributed by atoms with Gasteiger partial charge in [-0.15, -0.1) is 0 Å². The first-order valence-electron chi connectivity index (χ1n) is 26.4. The number of alkyl carbamates (subject to hydrolysis) is 1. The molecule has 13 N–H and O–H groups in total. The molecule has 3 aliphatic heterocycles. The minimum Gasteiger partial charge on any atom is -0.462 e. The first kappa shape index (κ1) is 69.0. The predicted molar refractivity (Wildman–Crippen MR) is 289 cm³/mol. The molecule has 454 valence electrons. The minimum atomic E-state index is -2.50. The summed E-state index contributed by atoms with van der Waals surface area (Å²) in [6.45, 7) is 9.39. The Hall–Kier alpha value is -6.27. The smallest absolute Gasteiger partial charge is 0.462 e. The van der Waals surface area contributed by atoms with Gasteiger partial charge in [-0.05, 0) is 26.2 Å². The monoisotopic (exact) mass is 1150 g/mol. The molecule has 17 atom stereocenters. The Labute approximate surface area is 470 Å². The van der Waals surface area contributed by atoms with Crippen molar-refractivity contribution in [3.8, 4) is 0 Å². The molecular weight excluding hydrogens is 1070 g/mol. The van der Waals surface area contributed by atoms with E-state index in [0.717, 1.165) is 7.11 Å². The van der Waals surface area contributed by atoms with Gasteiger partial charge in [0.15, 0.2) is 12.1 Å². The van der Waals surface area contributed by atoms with Crippen LogP contribution in [0.4, 0.5) is 19.2 Å². The van der Waals surface area contributed by atoms with Crippen molar-refractivity contribution in [3.05, 3.63) is 110 Å². The Morgan fingerprint density at radius 1 is 0.679 bits per heavy atom. The summed E-state index contributed by atoms with van der Waals surface area (Å²) in [5.74, 6) is -3.56. The summed E-state index contributed by atoms with van der Waals surface area (Å²) in [5.41, 5.74) is 4.04. The van der Waals surface area contributed by atoms with E-state index in [-0.39, 0.29) is 44.8 Å². The predicted octanol–water partition coefficient (Wildman–Crippen LogP) is 1.62. The zero-order valence-corrected chi connectivity index (χ0v) is 45.7. The number of allylic oxidation sites excluding steroid dienone is 12. The van der Waals surface area contributed by atoms with Gasteiger partial charge in [0.1, 0.15) is 37.6 Å². The van der Waals surface area contributed by atoms with Gasteiger partial charge in [0.2, 0.25) is 0 Å². The van der Waals surface area contributed by atoms with E-state index >= 15 is 0 Å². The largest absolute Gasteiger partial charge is 0.508 e. The van der Waals surface area contributed by atoms with Crippen LogP contribution < -0.4 is 21.5 Å². The molecule has 0 saturated carbocycles. The molecule has 26 heteroatoms. The number of hydrogen-bond acceptors (Lipinski definition) is 22. The van der Waals surface area contributed by atoms with E-state index in [1.54, 1.807) is 86.8 Å². The number of cyclic esters (lactones) is 1. The number of urea groups is 1. The SMILES string of the molecule is C=CCOC(=O)N[C@@H]1[C@H](O)[C@H](O[C@H]2/C=C/C=C/C=C/C=C/C=C/C=C/C=C/[C@H](C)[C@@H](O)C[C@H](C)OC(=O)C[C@H](O)C[C@H](O)CC[C@@H](O)[C@H](O)C[C@H](O)C[C@]3(O)C[C@H](OC(=O)OCC=C)[C@@H](NC(=O)NNC(=O)OC)[C@H](C2)O3)OC[C@H]1O. The van der Waals surface area contributed by atoms with Crippen LogP contribution >= 0.6 is 0 Å². The van der Waals surface area contributed by atoms with Crippen LogP contribution in [-0.2, 0) is 42.7 Å². The molecule has 0 unspecified atom stereocenters. The van der Waals surface area contributed by atoms with Crippen molar-refractivity contribution in [3.63, 3.8) is 0 Å². The molecule has 2 saturated heterocycles. The third kappa shape index (κ3) is 26.9. The van der Waals surface area contributed by atoms with Gasteiger partial charge in [-0.3, -0.25) is 4.79 Å². The molecule has 2 bridgehead atoms. The van der Waals surface area contributed by atoms with Gasteiger partial charge in [0.25, 0.3) is 0 Å². The first-order chi connectivity index (χ1) is 38.6. The van der Waals surface area contributed by atoms with Gasteiger partial charge < -0.3 is 94.5 Å². The van der Waals surface area contributed by atoms with Crippen molar-refractivity contribution in [1.29, 1.82) is 0 Å². The molecule has 0 aromatic heterocycles. The number of fused-ring (bicyclic) bond motifs is 2. The molecule has 3 rings (SSSR count). The maximum absolute atomic E-state index is 13.4. The Kier molecular flexibility index (Phi) is 31.5. The highest BCUT2D eigenvalue weighted by atomic mass is 16.7. The Bertz CT molecular complexity index is 2190. The molecule has 4 amide bonds. The summed E-state index contributed by atoms with van der Waals surface area (Å²) in [7, 11) is 1.03. The molecule has 81 heavy (non-hydrogen) atoms. The number of ether oxygens (including phenoxy) is 8. The lowest BCUT2D eigenvalue weighted by molar-refractivity contribution is -0.299. The highest BCUT2D eigenvalue weighted by molar-refractivity contribution is 5.78. The molecule has 0 aromatic carbocycles. The maximum Gasteiger partial charge on any atom is 0.508 e. The van der Waals surface area contributed by atoms with Crippen molar-refractivity contribution in [2.45, 2.75) is 169 Å². The Morgan fingerprint density at radius 2 is 1.30 bits per heavy atom. The Balaban J connectivity index is 2.09. The number of amides is 4. The second-order valence-corrected chi connectivity index (χ2v) is 19.5. The zero-order valence-electron chi connectivity index (χ0n) is 45.7. The number of methoxy groups -OCH3 is 1. The lowest BCUT2D eigenvalue weighted by Gasteiger charge is -2.47. The summed E-state index contributed by atoms with van der Waals surface area (Å²) in [6, 6.07) is -4.01. The summed E-state index contributed by atoms with van der Waals surface area (Å²) < 4.78 is 43.8. The quantitative estimate of drug-likeness (QED) is 0.0675. The fourth-order valence-corrected chi connectivity index (χ4v) is 8.55. The Morgan fingerprint density at radius 3 is 1.93 bits per heavy atom. The number of aliphatic hydroxyl groups excluding tert-OH is 8. The number of rotatable bonds is 9. The van der Waals surface area contributed by atoms with Crippen LogP contribution in [0.1, 0.15) is 71.6 Å². The van der Waals surface area contributed by atoms with Crippen molar-refractivity contribution in [1.82, 2.24) is 21.5 Å². The van der Waals surface area contributed by atoms with E-state index in [2.05, 4.69) is 34.0 Å². The molecule has 2 fully saturated rings. The molecular formula is C55H82N4O22. The summed E-state index contributed by atoms with van der Waals surface area (Å²) in [5, 5.41) is 105. The lowest BCUT2D eigenvalue weighted by Crippen LogP contribution is -2.65. The first-order valence-corrected chi connectivity index (χ1v) is 26.4. The van der Waals surface area contributed by atoms with Crippen LogP contribution in [0.5, 0.6) is 0 Å². The minimum absolute atomic E-state index is 0.115. The van der Waals surface area contributed by atoms with Crippen LogP contribution in [0.2, 0.25) is 0 Å². The van der Waals surface area contributed by atoms with Gasteiger partial charge in [-0.25, -0.2) is 30.0 Å². The molecule has 3 heterocycles. The van der Waals surface area contributed by atoms with Crippen LogP contribution in [-0.4, -0.2) is 201 Å². The molecule has 0 spiro atoms. The standard InChI is InChI=1S/C55H82N4O22/c1-6-24-75-52(70)57-47-43(66)33-77-50(49(47)68)79-39-21-19-17-15-13-11-9-8-10-12-14-16-18-20-34(3)41(64)26-35(4)78-46(67)29-37(61)27-36(60)22-23-40(63)42(65)28-38(62)31-55(73)32-45(80-54(72)76-25-7-2)48(44(30-39)81-55)56-51(69)58-59-53(71)74-5/h6-21,34-45,47-50,60-66,68,73H,1-2,22-33H2,3-5H3,(H,57,70)(H,59,71)(H2,56,58,69)/b9-8+,12-10+,13-11+,16-14+,17-15+,20-18+,21-19+/t34-,35-,36+,37+,38-,39-,40+,41-,42+,43+,44-,45-,47-,48-,49-,50-,55+/m0/s1. The van der Waals surface area contributed by atoms with E-state index < -0.39 is 166 Å². The third-order valence-electron chi connectivity index (χ3n) is 12.6. The number of carbonyl (C=O) groups is 5. The van der Waals surface area contributed by atoms with Gasteiger partial charge in [-0.2, -0.15) is 0 Å². The normalized spacial score (nSPS) is 36.4. The average Bonchev–Trinajstić information content (AvgIpc) is 3.42. The van der Waals surface area contributed by atoms with Gasteiger partial charge >= 0.3 is 30.3 Å². The van der Waals surface area contributed by atoms with E-state index in [4.69, 9.17) is 33.2 Å². The number of esters is 1. The van der Waals surface area contributed by atoms with Crippen molar-refractivity contribution in [2.75, 3.05) is 26.9 Å². The third-order valence-corrected chi connectivity index (χ3v) is 12.6. The van der Waals surface area contributed by atoms with E-state index in [1.165, 1.54) is 24.3 Å². The number of aliphatic hydroxyl groups is 9. The second kappa shape index (κ2) is 37.0. The zero-order chi connectivity index (χ0) is 59.9. The highest BCUT2D eigenvalue weighted by Gasteiger charge is 2.51. The van der Waals surface area contributed by atoms with E-state index in [9.17, 15) is 69.9 Å². The van der Waals surface area contributed by atoms with E-state index in [0.29, 0.717) is 0 Å². The molecule has 3 aliphatic rings. The van der Waals surface area contributed by atoms with Crippen LogP contribution in [0.25, 0.3) is 0 Å². The van der Waals surface area contributed by atoms with E-state index in [1.807, 2.05) is 5.43 Å². The number of nitrogens with one attached hydrogen (secondary N) is 4. The molecule has 0 radical (unpaired) electrons. The lowest BCUT2D eigenvalue weighted by atomic mass is 9.86. The fraction of sp³-hybridized carbons (Fsp3) is 0.582. The number of carbonyl (C=O) groups excluding carboxylic acids is 5. The van der Waals surface area contributed by atoms with Gasteiger partial charge in [0.05, 0.1) is 81.1 Å². The highest BCUT2D eigenvalue weighted by Crippen LogP contribution is 2.37. The fourth-order valence-electron chi connectivity index (χ4n) is 8.55. The van der Waals surface area contributed by atoms with Crippen molar-refractivity contribution < 1.29 is 108 Å². The second-order valence-electron chi connectivity index (χ2n) is 19.5. The molecule has 26 nitrogen and oxygen atoms in total. The average molecular weight is 1150 g/mol. The maximum atomic E-state index is 13.4. The van der Waals surface area contributed by atoms with Gasteiger partial charge in [0, 0.05) is 38.0 Å². The topological polar surface area (TPSA) is 389 Å².